The molecule has 22 heavy (non-hydrogen) atoms. The predicted molar refractivity (Wildman–Crippen MR) is 85.8 cm³/mol. The molecule has 3 amide bonds. The number of nitrogens with zero attached hydrogens (tertiary/aromatic N) is 2. The second-order valence-corrected chi connectivity index (χ2v) is 5.55. The first kappa shape index (κ1) is 16.3. The lowest BCUT2D eigenvalue weighted by Crippen LogP contribution is -2.47. The van der Waals surface area contributed by atoms with Gasteiger partial charge in [0.1, 0.15) is 5.82 Å². The van der Waals surface area contributed by atoms with Crippen LogP contribution in [0.5, 0.6) is 0 Å². The molecule has 118 valence electrons. The highest BCUT2D eigenvalue weighted by Crippen LogP contribution is 2.19. The van der Waals surface area contributed by atoms with E-state index in [-0.39, 0.29) is 17.9 Å². The molecule has 2 heterocycles. The van der Waals surface area contributed by atoms with Crippen molar-refractivity contribution in [3.05, 3.63) is 36.0 Å². The van der Waals surface area contributed by atoms with Crippen molar-refractivity contribution in [1.29, 1.82) is 0 Å². The number of halogens is 1. The van der Waals surface area contributed by atoms with Gasteiger partial charge in [-0.3, -0.25) is 4.79 Å². The van der Waals surface area contributed by atoms with Gasteiger partial charge < -0.3 is 15.5 Å². The summed E-state index contributed by atoms with van der Waals surface area (Å²) in [6.07, 6.45) is 4.66. The molecule has 2 rings (SSSR count). The lowest BCUT2D eigenvalue weighted by atomic mass is 9.97. The Hall–Kier alpha value is -2.08. The number of aromatic nitrogens is 1. The van der Waals surface area contributed by atoms with Crippen molar-refractivity contribution >= 4 is 29.4 Å². The molecule has 2 N–H and O–H groups in total. The topological polar surface area (TPSA) is 74.3 Å². The zero-order valence-electron chi connectivity index (χ0n) is 12.2. The highest BCUT2D eigenvalue weighted by atomic mass is 35.5. The number of piperidine rings is 1. The van der Waals surface area contributed by atoms with Gasteiger partial charge in [0.2, 0.25) is 5.91 Å². The van der Waals surface area contributed by atoms with E-state index >= 15 is 0 Å². The third-order valence-corrected chi connectivity index (χ3v) is 3.68. The van der Waals surface area contributed by atoms with E-state index in [0.717, 1.165) is 12.8 Å². The minimum Gasteiger partial charge on any atom is -0.335 e. The Kier molecular flexibility index (Phi) is 5.77. The number of amides is 3. The Labute approximate surface area is 134 Å². The summed E-state index contributed by atoms with van der Waals surface area (Å²) < 4.78 is 0. The van der Waals surface area contributed by atoms with Gasteiger partial charge in [0.05, 0.1) is 10.9 Å². The van der Waals surface area contributed by atoms with E-state index in [0.29, 0.717) is 30.5 Å². The molecule has 0 radical (unpaired) electrons. The molecule has 6 nitrogen and oxygen atoms in total. The second kappa shape index (κ2) is 7.79. The molecule has 0 aliphatic carbocycles. The molecule has 7 heteroatoms. The number of hydrogen-bond donors (Lipinski definition) is 2. The van der Waals surface area contributed by atoms with Crippen LogP contribution in [0.25, 0.3) is 0 Å². The second-order valence-electron chi connectivity index (χ2n) is 5.11. The Bertz CT molecular complexity index is 547. The standard InChI is InChI=1S/C15H19ClN4O2/c1-2-7-17-15(22)20-8-3-4-11(10-20)14(21)19-13-6-5-12(16)9-18-13/h2,5-6,9,11H,1,3-4,7-8,10H2,(H,17,22)(H,18,19,21)/t11-/m0/s1. The Morgan fingerprint density at radius 1 is 1.50 bits per heavy atom. The van der Waals surface area contributed by atoms with Crippen LogP contribution in [0.2, 0.25) is 5.02 Å². The summed E-state index contributed by atoms with van der Waals surface area (Å²) in [5.74, 6) is 0.0967. The molecule has 0 spiro atoms. The van der Waals surface area contributed by atoms with Gasteiger partial charge in [-0.15, -0.1) is 6.58 Å². The average molecular weight is 323 g/mol. The van der Waals surface area contributed by atoms with Crippen molar-refractivity contribution < 1.29 is 9.59 Å². The molecular weight excluding hydrogens is 304 g/mol. The summed E-state index contributed by atoms with van der Waals surface area (Å²) in [6.45, 7) is 5.04. The molecule has 1 fully saturated rings. The average Bonchev–Trinajstić information content (AvgIpc) is 2.54. The van der Waals surface area contributed by atoms with Crippen LogP contribution in [0, 0.1) is 5.92 Å². The number of likely N-dealkylation sites (tertiary alicyclic amines) is 1. The van der Waals surface area contributed by atoms with Gasteiger partial charge in [-0.05, 0) is 25.0 Å². The summed E-state index contributed by atoms with van der Waals surface area (Å²) >= 11 is 5.76. The maximum Gasteiger partial charge on any atom is 0.317 e. The van der Waals surface area contributed by atoms with Gasteiger partial charge in [0.15, 0.2) is 0 Å². The number of hydrogen-bond acceptors (Lipinski definition) is 3. The summed E-state index contributed by atoms with van der Waals surface area (Å²) in [6, 6.07) is 3.15. The van der Waals surface area contributed by atoms with Crippen LogP contribution >= 0.6 is 11.6 Å². The van der Waals surface area contributed by atoms with Crippen molar-refractivity contribution in [3.8, 4) is 0 Å². The van der Waals surface area contributed by atoms with E-state index in [1.807, 2.05) is 0 Å². The Balaban J connectivity index is 1.90. The first-order valence-electron chi connectivity index (χ1n) is 7.16. The smallest absolute Gasteiger partial charge is 0.317 e. The van der Waals surface area contributed by atoms with Crippen molar-refractivity contribution in [1.82, 2.24) is 15.2 Å². The van der Waals surface area contributed by atoms with Crippen LogP contribution < -0.4 is 10.6 Å². The number of pyridine rings is 1. The van der Waals surface area contributed by atoms with Crippen LogP contribution in [0.4, 0.5) is 10.6 Å². The molecule has 0 bridgehead atoms. The summed E-state index contributed by atoms with van der Waals surface area (Å²) in [5.41, 5.74) is 0. The largest absolute Gasteiger partial charge is 0.335 e. The number of urea groups is 1. The number of nitrogens with one attached hydrogen (secondary N) is 2. The maximum absolute atomic E-state index is 12.3. The van der Waals surface area contributed by atoms with Crippen LogP contribution in [-0.2, 0) is 4.79 Å². The van der Waals surface area contributed by atoms with Gasteiger partial charge in [-0.2, -0.15) is 0 Å². The molecule has 1 aliphatic rings. The van der Waals surface area contributed by atoms with Crippen molar-refractivity contribution in [3.63, 3.8) is 0 Å². The molecule has 0 unspecified atom stereocenters. The molecular formula is C15H19ClN4O2. The number of carbonyl (C=O) groups excluding carboxylic acids is 2. The molecule has 1 atom stereocenters. The monoisotopic (exact) mass is 322 g/mol. The van der Waals surface area contributed by atoms with Gasteiger partial charge in [-0.25, -0.2) is 9.78 Å². The van der Waals surface area contributed by atoms with Crippen LogP contribution in [0.3, 0.4) is 0 Å². The number of rotatable bonds is 4. The molecule has 1 saturated heterocycles. The fourth-order valence-electron chi connectivity index (χ4n) is 2.32. The quantitative estimate of drug-likeness (QED) is 0.835. The molecule has 1 aromatic rings. The number of anilines is 1. The molecule has 1 aromatic heterocycles. The van der Waals surface area contributed by atoms with Gasteiger partial charge in [0, 0.05) is 25.8 Å². The van der Waals surface area contributed by atoms with Crippen LogP contribution in [0.15, 0.2) is 31.0 Å². The highest BCUT2D eigenvalue weighted by Gasteiger charge is 2.28. The van der Waals surface area contributed by atoms with Crippen molar-refractivity contribution in [2.24, 2.45) is 5.92 Å². The van der Waals surface area contributed by atoms with E-state index in [1.165, 1.54) is 6.20 Å². The fourth-order valence-corrected chi connectivity index (χ4v) is 2.44. The molecule has 1 aliphatic heterocycles. The molecule has 0 saturated carbocycles. The first-order valence-corrected chi connectivity index (χ1v) is 7.54. The van der Waals surface area contributed by atoms with E-state index in [1.54, 1.807) is 23.1 Å². The SMILES string of the molecule is C=CCNC(=O)N1CCC[C@H](C(=O)Nc2ccc(Cl)cn2)C1. The van der Waals surface area contributed by atoms with Crippen molar-refractivity contribution in [2.75, 3.05) is 25.0 Å². The normalized spacial score (nSPS) is 17.7. The van der Waals surface area contributed by atoms with E-state index in [2.05, 4.69) is 22.2 Å². The number of carbonyl (C=O) groups is 2. The van der Waals surface area contributed by atoms with Crippen LogP contribution in [-0.4, -0.2) is 41.5 Å². The Morgan fingerprint density at radius 3 is 3.00 bits per heavy atom. The highest BCUT2D eigenvalue weighted by molar-refractivity contribution is 6.30. The summed E-state index contributed by atoms with van der Waals surface area (Å²) in [7, 11) is 0. The third kappa shape index (κ3) is 4.46. The summed E-state index contributed by atoms with van der Waals surface area (Å²) in [5, 5.41) is 6.00. The van der Waals surface area contributed by atoms with Crippen molar-refractivity contribution in [2.45, 2.75) is 12.8 Å². The minimum atomic E-state index is -0.235. The predicted octanol–water partition coefficient (Wildman–Crippen LogP) is 2.28. The molecule has 0 aromatic carbocycles. The Morgan fingerprint density at radius 2 is 2.32 bits per heavy atom. The zero-order chi connectivity index (χ0) is 15.9. The zero-order valence-corrected chi connectivity index (χ0v) is 13.0. The van der Waals surface area contributed by atoms with E-state index < -0.39 is 0 Å². The first-order chi connectivity index (χ1) is 10.6. The minimum absolute atomic E-state index is 0.129. The van der Waals surface area contributed by atoms with Gasteiger partial charge >= 0.3 is 6.03 Å². The third-order valence-electron chi connectivity index (χ3n) is 3.46. The fraction of sp³-hybridized carbons (Fsp3) is 0.400. The summed E-state index contributed by atoms with van der Waals surface area (Å²) in [4.78, 5) is 29.9. The van der Waals surface area contributed by atoms with E-state index in [4.69, 9.17) is 11.6 Å². The van der Waals surface area contributed by atoms with Crippen LogP contribution in [0.1, 0.15) is 12.8 Å². The van der Waals surface area contributed by atoms with E-state index in [9.17, 15) is 9.59 Å². The lowest BCUT2D eigenvalue weighted by molar-refractivity contribution is -0.121. The lowest BCUT2D eigenvalue weighted by Gasteiger charge is -2.31. The maximum atomic E-state index is 12.3. The van der Waals surface area contributed by atoms with Gasteiger partial charge in [-0.1, -0.05) is 17.7 Å². The van der Waals surface area contributed by atoms with Gasteiger partial charge in [0.25, 0.3) is 0 Å².